The molecule has 3 aromatic heterocycles. The zero-order valence-corrected chi connectivity index (χ0v) is 27.6. The Morgan fingerprint density at radius 2 is 0.961 bits per heavy atom. The Labute approximate surface area is 293 Å². The van der Waals surface area contributed by atoms with E-state index in [4.69, 9.17) is 4.42 Å². The number of para-hydroxylation sites is 4. The molecule has 0 atom stereocenters. The molecule has 0 spiro atoms. The number of furan rings is 1. The first-order valence-corrected chi connectivity index (χ1v) is 17.4. The lowest BCUT2D eigenvalue weighted by atomic mass is 9.91. The van der Waals surface area contributed by atoms with Crippen molar-refractivity contribution in [3.8, 4) is 33.6 Å². The number of hydrogen-bond donors (Lipinski definition) is 0. The molecule has 0 amide bonds. The number of benzene rings is 8. The smallest absolute Gasteiger partial charge is 0.135 e. The zero-order valence-electron chi connectivity index (χ0n) is 27.6. The van der Waals surface area contributed by atoms with Crippen molar-refractivity contribution >= 4 is 65.6 Å². The van der Waals surface area contributed by atoms with Crippen LogP contribution >= 0.6 is 0 Å². The van der Waals surface area contributed by atoms with Crippen LogP contribution in [0.3, 0.4) is 0 Å². The van der Waals surface area contributed by atoms with Crippen molar-refractivity contribution in [2.75, 3.05) is 0 Å². The molecule has 0 aliphatic heterocycles. The van der Waals surface area contributed by atoms with Crippen LogP contribution in [0.25, 0.3) is 99.2 Å². The summed E-state index contributed by atoms with van der Waals surface area (Å²) in [7, 11) is 0. The van der Waals surface area contributed by atoms with Gasteiger partial charge in [-0.15, -0.1) is 0 Å². The lowest BCUT2D eigenvalue weighted by Gasteiger charge is -2.16. The molecule has 0 fully saturated rings. The summed E-state index contributed by atoms with van der Waals surface area (Å²) in [6.45, 7) is 0. The first kappa shape index (κ1) is 28.0. The van der Waals surface area contributed by atoms with Gasteiger partial charge in [-0.1, -0.05) is 121 Å². The van der Waals surface area contributed by atoms with Crippen molar-refractivity contribution in [2.24, 2.45) is 0 Å². The lowest BCUT2D eigenvalue weighted by molar-refractivity contribution is 0.669. The fourth-order valence-electron chi connectivity index (χ4n) is 8.31. The third-order valence-electron chi connectivity index (χ3n) is 10.5. The number of fused-ring (bicyclic) bond motifs is 9. The first-order valence-electron chi connectivity index (χ1n) is 17.4. The normalized spacial score (nSPS) is 11.9. The molecule has 0 aliphatic rings. The number of hydrogen-bond acceptors (Lipinski definition) is 1. The van der Waals surface area contributed by atoms with Crippen LogP contribution in [0.15, 0.2) is 186 Å². The molecule has 3 heterocycles. The summed E-state index contributed by atoms with van der Waals surface area (Å²) >= 11 is 0. The van der Waals surface area contributed by atoms with E-state index in [-0.39, 0.29) is 0 Å². The van der Waals surface area contributed by atoms with Gasteiger partial charge >= 0.3 is 0 Å². The van der Waals surface area contributed by atoms with Crippen molar-refractivity contribution in [1.29, 1.82) is 0 Å². The minimum absolute atomic E-state index is 0.901. The molecule has 0 N–H and O–H groups in total. The molecular formula is C48H30N2O. The Bertz CT molecular complexity index is 3130. The van der Waals surface area contributed by atoms with E-state index < -0.39 is 0 Å². The van der Waals surface area contributed by atoms with Gasteiger partial charge in [0.15, 0.2) is 0 Å². The molecule has 0 bridgehead atoms. The second-order valence-corrected chi connectivity index (χ2v) is 13.3. The largest absolute Gasteiger partial charge is 0.456 e. The third kappa shape index (κ3) is 4.12. The number of nitrogens with zero attached hydrogens (tertiary/aromatic N) is 2. The average Bonchev–Trinajstić information content (AvgIpc) is 3.85. The Hall–Kier alpha value is -6.84. The van der Waals surface area contributed by atoms with Gasteiger partial charge in [-0.25, -0.2) is 0 Å². The second kappa shape index (κ2) is 10.8. The highest BCUT2D eigenvalue weighted by atomic mass is 16.3. The Balaban J connectivity index is 1.23. The highest BCUT2D eigenvalue weighted by molar-refractivity contribution is 6.18. The highest BCUT2D eigenvalue weighted by Crippen LogP contribution is 2.45. The van der Waals surface area contributed by atoms with E-state index in [0.29, 0.717) is 0 Å². The van der Waals surface area contributed by atoms with Crippen molar-refractivity contribution in [2.45, 2.75) is 0 Å². The molecule has 11 rings (SSSR count). The lowest BCUT2D eigenvalue weighted by Crippen LogP contribution is -1.97. The van der Waals surface area contributed by atoms with Gasteiger partial charge in [0.2, 0.25) is 0 Å². The van der Waals surface area contributed by atoms with Crippen LogP contribution in [0.5, 0.6) is 0 Å². The molecular weight excluding hydrogens is 621 g/mol. The molecule has 8 aromatic carbocycles. The Kier molecular flexibility index (Phi) is 5.96. The molecule has 11 aromatic rings. The van der Waals surface area contributed by atoms with Crippen LogP contribution in [0.2, 0.25) is 0 Å². The van der Waals surface area contributed by atoms with Crippen LogP contribution in [-0.2, 0) is 0 Å². The molecule has 238 valence electrons. The highest BCUT2D eigenvalue weighted by Gasteiger charge is 2.22. The predicted octanol–water partition coefficient (Wildman–Crippen LogP) is 13.1. The standard InChI is InChI=1S/C48H30N2O/c1-3-13-31(14-4-1)35-25-26-39-36-17-7-11-21-43(36)50(33-15-5-2-6-16-33)48(39)47(35)32-23-27-44-40(29-32)37-18-8-10-20-42(37)49(44)34-24-28-46-41(30-34)38-19-9-12-22-45(38)51-46/h1-30H. The number of aromatic nitrogens is 2. The Morgan fingerprint density at radius 3 is 1.76 bits per heavy atom. The topological polar surface area (TPSA) is 23.0 Å². The maximum Gasteiger partial charge on any atom is 0.135 e. The summed E-state index contributed by atoms with van der Waals surface area (Å²) in [5, 5.41) is 7.19. The fraction of sp³-hybridized carbons (Fsp3) is 0. The molecule has 51 heavy (non-hydrogen) atoms. The van der Waals surface area contributed by atoms with Crippen molar-refractivity contribution in [1.82, 2.24) is 9.13 Å². The van der Waals surface area contributed by atoms with E-state index in [0.717, 1.165) is 33.3 Å². The van der Waals surface area contributed by atoms with Gasteiger partial charge in [0.25, 0.3) is 0 Å². The van der Waals surface area contributed by atoms with E-state index in [1.165, 1.54) is 65.9 Å². The van der Waals surface area contributed by atoms with E-state index in [9.17, 15) is 0 Å². The predicted molar refractivity (Wildman–Crippen MR) is 213 cm³/mol. The van der Waals surface area contributed by atoms with Crippen LogP contribution < -0.4 is 0 Å². The summed E-state index contributed by atoms with van der Waals surface area (Å²) in [6, 6.07) is 65.6. The van der Waals surface area contributed by atoms with E-state index in [1.54, 1.807) is 0 Å². The van der Waals surface area contributed by atoms with Gasteiger partial charge in [0.1, 0.15) is 11.2 Å². The van der Waals surface area contributed by atoms with Gasteiger partial charge in [-0.05, 0) is 77.4 Å². The van der Waals surface area contributed by atoms with E-state index in [2.05, 4.69) is 179 Å². The van der Waals surface area contributed by atoms with Gasteiger partial charge in [0, 0.05) is 49.3 Å². The van der Waals surface area contributed by atoms with Crippen molar-refractivity contribution < 1.29 is 4.42 Å². The maximum atomic E-state index is 6.20. The summed E-state index contributed by atoms with van der Waals surface area (Å²) in [5.41, 5.74) is 13.7. The molecule has 3 nitrogen and oxygen atoms in total. The average molecular weight is 651 g/mol. The minimum Gasteiger partial charge on any atom is -0.456 e. The first-order chi connectivity index (χ1) is 25.3. The third-order valence-corrected chi connectivity index (χ3v) is 10.5. The van der Waals surface area contributed by atoms with Crippen LogP contribution in [-0.4, -0.2) is 9.13 Å². The van der Waals surface area contributed by atoms with Crippen LogP contribution in [0.1, 0.15) is 0 Å². The van der Waals surface area contributed by atoms with Gasteiger partial charge in [-0.3, -0.25) is 0 Å². The molecule has 0 saturated carbocycles. The van der Waals surface area contributed by atoms with Crippen molar-refractivity contribution in [3.63, 3.8) is 0 Å². The van der Waals surface area contributed by atoms with E-state index in [1.807, 2.05) is 12.1 Å². The van der Waals surface area contributed by atoms with Crippen LogP contribution in [0.4, 0.5) is 0 Å². The minimum atomic E-state index is 0.901. The van der Waals surface area contributed by atoms with Crippen LogP contribution in [0, 0.1) is 0 Å². The van der Waals surface area contributed by atoms with Gasteiger partial charge in [-0.2, -0.15) is 0 Å². The molecule has 3 heteroatoms. The summed E-state index contributed by atoms with van der Waals surface area (Å²) in [6.07, 6.45) is 0. The second-order valence-electron chi connectivity index (χ2n) is 13.3. The quantitative estimate of drug-likeness (QED) is 0.186. The van der Waals surface area contributed by atoms with E-state index >= 15 is 0 Å². The molecule has 0 radical (unpaired) electrons. The fourth-order valence-corrected chi connectivity index (χ4v) is 8.31. The monoisotopic (exact) mass is 650 g/mol. The molecule has 0 saturated heterocycles. The maximum absolute atomic E-state index is 6.20. The zero-order chi connectivity index (χ0) is 33.5. The summed E-state index contributed by atoms with van der Waals surface area (Å²) < 4.78 is 11.0. The SMILES string of the molecule is c1ccc(-c2ccc3c4ccccc4n(-c4ccccc4)c3c2-c2ccc3c(c2)c2ccccc2n3-c2ccc3oc4ccccc4c3c2)cc1. The summed E-state index contributed by atoms with van der Waals surface area (Å²) in [4.78, 5) is 0. The van der Waals surface area contributed by atoms with Gasteiger partial charge in [0.05, 0.1) is 22.1 Å². The molecule has 0 unspecified atom stereocenters. The Morgan fingerprint density at radius 1 is 0.333 bits per heavy atom. The number of rotatable bonds is 4. The summed E-state index contributed by atoms with van der Waals surface area (Å²) in [5.74, 6) is 0. The molecule has 0 aliphatic carbocycles. The van der Waals surface area contributed by atoms with Crippen molar-refractivity contribution in [3.05, 3.63) is 182 Å². The van der Waals surface area contributed by atoms with Gasteiger partial charge < -0.3 is 13.6 Å².